The van der Waals surface area contributed by atoms with E-state index in [1.807, 2.05) is 13.8 Å². The van der Waals surface area contributed by atoms with Crippen molar-refractivity contribution in [1.82, 2.24) is 20.2 Å². The Bertz CT molecular complexity index is 1420. The Balaban J connectivity index is 1.40. The van der Waals surface area contributed by atoms with Crippen molar-refractivity contribution in [2.45, 2.75) is 46.0 Å². The summed E-state index contributed by atoms with van der Waals surface area (Å²) in [4.78, 5) is 35.9. The number of nitrogens with zero attached hydrogens (tertiary/aromatic N) is 3. The smallest absolute Gasteiger partial charge is 0.433 e. The molecule has 5 heterocycles. The predicted molar refractivity (Wildman–Crippen MR) is 131 cm³/mol. The van der Waals surface area contributed by atoms with Gasteiger partial charge in [-0.1, -0.05) is 13.8 Å². The molecule has 0 aromatic carbocycles. The lowest BCUT2D eigenvalue weighted by Gasteiger charge is -2.20. The number of ether oxygens (including phenoxy) is 1. The largest absolute Gasteiger partial charge is 0.486 e. The molecule has 2 aliphatic heterocycles. The minimum atomic E-state index is -4.62. The number of pyridine rings is 2. The molecule has 3 atom stereocenters. The maximum absolute atomic E-state index is 13.7. The van der Waals surface area contributed by atoms with Gasteiger partial charge in [0.05, 0.1) is 34.3 Å². The molecule has 1 saturated carbocycles. The lowest BCUT2D eigenvalue weighted by atomic mass is 10.0. The number of amides is 2. The molecular formula is C26H25F3N4O3S. The number of likely N-dealkylation sites (tertiary alicyclic amines) is 1. The summed E-state index contributed by atoms with van der Waals surface area (Å²) in [5.74, 6) is -0.546. The van der Waals surface area contributed by atoms with Gasteiger partial charge in [0.25, 0.3) is 0 Å². The lowest BCUT2D eigenvalue weighted by molar-refractivity contribution is -0.144. The number of alkyl halides is 3. The van der Waals surface area contributed by atoms with Gasteiger partial charge in [0.2, 0.25) is 11.8 Å². The van der Waals surface area contributed by atoms with Gasteiger partial charge in [0.1, 0.15) is 17.5 Å². The molecule has 37 heavy (non-hydrogen) atoms. The summed E-state index contributed by atoms with van der Waals surface area (Å²) in [6.45, 7) is 6.88. The number of halogens is 3. The van der Waals surface area contributed by atoms with Crippen LogP contribution in [-0.4, -0.2) is 45.9 Å². The molecule has 3 fully saturated rings. The summed E-state index contributed by atoms with van der Waals surface area (Å²) in [5, 5.41) is 3.20. The fraction of sp³-hybridized carbons (Fsp3) is 0.462. The number of nitrogens with one attached hydrogen (secondary N) is 1. The van der Waals surface area contributed by atoms with Gasteiger partial charge in [-0.25, -0.2) is 4.98 Å². The van der Waals surface area contributed by atoms with Crippen molar-refractivity contribution >= 4 is 33.4 Å². The van der Waals surface area contributed by atoms with Crippen molar-refractivity contribution in [3.63, 3.8) is 0 Å². The maximum atomic E-state index is 13.7. The summed E-state index contributed by atoms with van der Waals surface area (Å²) >= 11 is 1.32. The first kappa shape index (κ1) is 24.3. The van der Waals surface area contributed by atoms with E-state index in [-0.39, 0.29) is 47.4 Å². The number of aromatic nitrogens is 2. The van der Waals surface area contributed by atoms with Gasteiger partial charge in [-0.3, -0.25) is 19.5 Å². The average Bonchev–Trinajstić information content (AvgIpc) is 3.28. The van der Waals surface area contributed by atoms with Crippen LogP contribution in [-0.2, 0) is 22.3 Å². The molecular weight excluding hydrogens is 505 g/mol. The van der Waals surface area contributed by atoms with E-state index in [0.29, 0.717) is 33.6 Å². The lowest BCUT2D eigenvalue weighted by Crippen LogP contribution is -2.35. The molecule has 6 rings (SSSR count). The van der Waals surface area contributed by atoms with Crippen LogP contribution in [0.5, 0.6) is 5.75 Å². The molecule has 1 aliphatic carbocycles. The van der Waals surface area contributed by atoms with Gasteiger partial charge in [0, 0.05) is 28.7 Å². The highest BCUT2D eigenvalue weighted by Crippen LogP contribution is 2.63. The Hall–Kier alpha value is -3.05. The van der Waals surface area contributed by atoms with E-state index >= 15 is 0 Å². The third kappa shape index (κ3) is 3.90. The Morgan fingerprint density at radius 3 is 2.57 bits per heavy atom. The summed E-state index contributed by atoms with van der Waals surface area (Å²) in [6, 6.07) is 4.49. The Morgan fingerprint density at radius 1 is 1.19 bits per heavy atom. The Kier molecular flexibility index (Phi) is 5.40. The summed E-state index contributed by atoms with van der Waals surface area (Å²) in [5.41, 5.74) is 0.297. The highest BCUT2D eigenvalue weighted by Gasteiger charge is 2.72. The third-order valence-corrected chi connectivity index (χ3v) is 8.83. The van der Waals surface area contributed by atoms with Crippen LogP contribution >= 0.6 is 11.3 Å². The number of imide groups is 1. The van der Waals surface area contributed by atoms with Crippen LogP contribution in [0.15, 0.2) is 24.4 Å². The molecule has 3 aromatic rings. The van der Waals surface area contributed by atoms with Crippen LogP contribution in [0.25, 0.3) is 21.3 Å². The summed E-state index contributed by atoms with van der Waals surface area (Å²) in [6.07, 6.45) is -2.51. The number of hydrogen-bond donors (Lipinski definition) is 1. The number of carbonyl (C=O) groups excluding carboxylic acids is 2. The number of piperidine rings is 1. The number of thiophene rings is 1. The average molecular weight is 531 g/mol. The number of fused-ring (bicyclic) bond motifs is 2. The maximum Gasteiger partial charge on any atom is 0.433 e. The fourth-order valence-electron chi connectivity index (χ4n) is 5.64. The minimum Gasteiger partial charge on any atom is -0.486 e. The predicted octanol–water partition coefficient (Wildman–Crippen LogP) is 4.57. The second-order valence-electron chi connectivity index (χ2n) is 10.5. The van der Waals surface area contributed by atoms with Crippen molar-refractivity contribution in [3.8, 4) is 16.9 Å². The van der Waals surface area contributed by atoms with Gasteiger partial charge in [-0.15, -0.1) is 11.3 Å². The minimum absolute atomic E-state index is 0.126. The molecule has 3 aliphatic rings. The van der Waals surface area contributed by atoms with E-state index < -0.39 is 11.9 Å². The molecule has 11 heteroatoms. The monoisotopic (exact) mass is 530 g/mol. The molecule has 2 amide bonds. The van der Waals surface area contributed by atoms with Gasteiger partial charge in [-0.05, 0) is 43.5 Å². The summed E-state index contributed by atoms with van der Waals surface area (Å²) < 4.78 is 48.0. The van der Waals surface area contributed by atoms with Crippen molar-refractivity contribution < 1.29 is 27.5 Å². The van der Waals surface area contributed by atoms with E-state index in [9.17, 15) is 22.8 Å². The van der Waals surface area contributed by atoms with Crippen LogP contribution < -0.4 is 10.1 Å². The zero-order chi connectivity index (χ0) is 26.3. The van der Waals surface area contributed by atoms with E-state index in [1.165, 1.54) is 23.2 Å². The molecule has 1 N–H and O–H groups in total. The first-order chi connectivity index (χ1) is 17.5. The number of aryl methyl sites for hydroxylation is 1. The topological polar surface area (TPSA) is 84.4 Å². The second-order valence-corrected chi connectivity index (χ2v) is 11.7. The van der Waals surface area contributed by atoms with E-state index in [2.05, 4.69) is 15.3 Å². The molecule has 2 saturated heterocycles. The fourth-order valence-corrected chi connectivity index (χ4v) is 6.77. The number of hydrogen-bond acceptors (Lipinski definition) is 7. The van der Waals surface area contributed by atoms with Gasteiger partial charge in [-0.2, -0.15) is 13.2 Å². The van der Waals surface area contributed by atoms with Crippen molar-refractivity contribution in [3.05, 3.63) is 40.7 Å². The van der Waals surface area contributed by atoms with Crippen LogP contribution in [0.3, 0.4) is 0 Å². The Morgan fingerprint density at radius 2 is 1.92 bits per heavy atom. The number of carbonyl (C=O) groups is 2. The second kappa shape index (κ2) is 8.22. The van der Waals surface area contributed by atoms with Crippen LogP contribution in [0.2, 0.25) is 0 Å². The Labute approximate surface area is 215 Å². The van der Waals surface area contributed by atoms with Gasteiger partial charge in [0.15, 0.2) is 0 Å². The third-order valence-electron chi connectivity index (χ3n) is 7.69. The van der Waals surface area contributed by atoms with E-state index in [1.54, 1.807) is 18.3 Å². The quantitative estimate of drug-likeness (QED) is 0.487. The van der Waals surface area contributed by atoms with E-state index in [4.69, 9.17) is 4.74 Å². The molecule has 3 aromatic heterocycles. The molecule has 3 unspecified atom stereocenters. The molecule has 0 spiro atoms. The first-order valence-electron chi connectivity index (χ1n) is 12.2. The SMILES string of the molecule is Cc1nc(C(F)(F)F)cc(-c2ccnc3cc(CN4C(=O)C5C(C4=O)C5(C)C)sc23)c1OC1CCNC1. The summed E-state index contributed by atoms with van der Waals surface area (Å²) in [7, 11) is 0. The van der Waals surface area contributed by atoms with E-state index in [0.717, 1.165) is 23.9 Å². The highest BCUT2D eigenvalue weighted by molar-refractivity contribution is 7.19. The van der Waals surface area contributed by atoms with Crippen LogP contribution in [0.4, 0.5) is 13.2 Å². The highest BCUT2D eigenvalue weighted by atomic mass is 32.1. The van der Waals surface area contributed by atoms with Gasteiger partial charge < -0.3 is 10.1 Å². The van der Waals surface area contributed by atoms with Gasteiger partial charge >= 0.3 is 6.18 Å². The molecule has 194 valence electrons. The zero-order valence-corrected chi connectivity index (χ0v) is 21.3. The molecule has 7 nitrogen and oxygen atoms in total. The van der Waals surface area contributed by atoms with Crippen molar-refractivity contribution in [1.29, 1.82) is 0 Å². The van der Waals surface area contributed by atoms with Crippen molar-refractivity contribution in [2.75, 3.05) is 13.1 Å². The van der Waals surface area contributed by atoms with Crippen LogP contribution in [0, 0.1) is 24.2 Å². The first-order valence-corrected chi connectivity index (χ1v) is 13.0. The normalized spacial score (nSPS) is 24.7. The van der Waals surface area contributed by atoms with Crippen LogP contribution in [0.1, 0.15) is 36.5 Å². The number of rotatable bonds is 5. The standard InChI is InChI=1S/C26H25F3N4O3S/c1-12-21(36-13-4-6-30-10-13)16(9-18(32-12)26(27,28)29)15-5-7-31-17-8-14(37-22(15)17)11-33-23(34)19-20(24(33)35)25(19,2)3/h5,7-9,13,19-20,30H,4,6,10-11H2,1-3H3. The van der Waals surface area contributed by atoms with Crippen molar-refractivity contribution in [2.24, 2.45) is 17.3 Å². The molecule has 0 bridgehead atoms. The molecule has 0 radical (unpaired) electrons. The zero-order valence-electron chi connectivity index (χ0n) is 20.5.